The van der Waals surface area contributed by atoms with E-state index in [0.717, 1.165) is 4.88 Å². The van der Waals surface area contributed by atoms with Crippen molar-refractivity contribution in [2.75, 3.05) is 0 Å². The van der Waals surface area contributed by atoms with Gasteiger partial charge >= 0.3 is 0 Å². The number of hydrogen-bond donors (Lipinski definition) is 0. The van der Waals surface area contributed by atoms with E-state index in [2.05, 4.69) is 23.2 Å². The first-order chi connectivity index (χ1) is 6.90. The molecule has 0 fully saturated rings. The number of benzene rings is 1. The molecule has 0 spiro atoms. The molecule has 14 heavy (non-hydrogen) atoms. The molecule has 1 aromatic carbocycles. The van der Waals surface area contributed by atoms with E-state index >= 15 is 0 Å². The van der Waals surface area contributed by atoms with E-state index in [1.165, 1.54) is 15.6 Å². The monoisotopic (exact) mass is 198 g/mol. The van der Waals surface area contributed by atoms with Gasteiger partial charge in [0.15, 0.2) is 5.71 Å². The molecular formula is C11H6N2S. The van der Waals surface area contributed by atoms with E-state index in [1.54, 1.807) is 11.3 Å². The third-order valence-electron chi connectivity index (χ3n) is 2.41. The van der Waals surface area contributed by atoms with Gasteiger partial charge in [0.2, 0.25) is 0 Å². The summed E-state index contributed by atoms with van der Waals surface area (Å²) in [5.74, 6) is 0. The zero-order chi connectivity index (χ0) is 9.54. The summed E-state index contributed by atoms with van der Waals surface area (Å²) in [5, 5.41) is 10.1. The fourth-order valence-electron chi connectivity index (χ4n) is 1.76. The topological polar surface area (TPSA) is 36.1 Å². The third-order valence-corrected chi connectivity index (χ3v) is 3.63. The maximum Gasteiger partial charge on any atom is 0.153 e. The van der Waals surface area contributed by atoms with E-state index in [0.29, 0.717) is 12.3 Å². The Morgan fingerprint density at radius 3 is 3.07 bits per heavy atom. The largest absolute Gasteiger partial charge is 0.268 e. The first-order valence-corrected chi connectivity index (χ1v) is 5.17. The Labute approximate surface area is 85.1 Å². The highest BCUT2D eigenvalue weighted by Crippen LogP contribution is 2.35. The van der Waals surface area contributed by atoms with Crippen LogP contribution in [0.1, 0.15) is 10.4 Å². The van der Waals surface area contributed by atoms with Gasteiger partial charge in [0.05, 0.1) is 11.4 Å². The van der Waals surface area contributed by atoms with Gasteiger partial charge < -0.3 is 0 Å². The Hall–Kier alpha value is -1.66. The fraction of sp³-hybridized carbons (Fsp3) is 0.0909. The van der Waals surface area contributed by atoms with E-state index in [9.17, 15) is 0 Å². The van der Waals surface area contributed by atoms with Gasteiger partial charge in [-0.1, -0.05) is 18.2 Å². The minimum absolute atomic E-state index is 0.598. The van der Waals surface area contributed by atoms with Gasteiger partial charge in [-0.05, 0) is 11.5 Å². The molecule has 0 aliphatic carbocycles. The van der Waals surface area contributed by atoms with Crippen LogP contribution in [-0.2, 0) is 6.54 Å². The molecule has 1 aliphatic rings. The Morgan fingerprint density at radius 1 is 1.36 bits per heavy atom. The van der Waals surface area contributed by atoms with Crippen molar-refractivity contribution in [3.05, 3.63) is 34.7 Å². The molecule has 0 saturated heterocycles. The summed E-state index contributed by atoms with van der Waals surface area (Å²) in [6, 6.07) is 10.4. The SMILES string of the molecule is N#CC1=NCc2c1sc1ccccc21. The maximum atomic E-state index is 8.86. The van der Waals surface area contributed by atoms with Gasteiger partial charge in [-0.2, -0.15) is 5.26 Å². The van der Waals surface area contributed by atoms with Crippen molar-refractivity contribution in [3.63, 3.8) is 0 Å². The minimum Gasteiger partial charge on any atom is -0.268 e. The summed E-state index contributed by atoms with van der Waals surface area (Å²) in [7, 11) is 0. The van der Waals surface area contributed by atoms with Gasteiger partial charge in [0, 0.05) is 10.3 Å². The Morgan fingerprint density at radius 2 is 2.21 bits per heavy atom. The van der Waals surface area contributed by atoms with Crippen LogP contribution in [-0.4, -0.2) is 5.71 Å². The summed E-state index contributed by atoms with van der Waals surface area (Å²) in [6.07, 6.45) is 0. The standard InChI is InChI=1S/C11H6N2S/c12-5-9-11-8(6-13-9)7-3-1-2-4-10(7)14-11/h1-4H,6H2. The summed E-state index contributed by atoms with van der Waals surface area (Å²) in [5.41, 5.74) is 1.82. The molecule has 0 bridgehead atoms. The van der Waals surface area contributed by atoms with Crippen LogP contribution in [0.3, 0.4) is 0 Å². The van der Waals surface area contributed by atoms with Gasteiger partial charge in [-0.3, -0.25) is 4.99 Å². The normalized spacial score (nSPS) is 13.8. The van der Waals surface area contributed by atoms with E-state index in [4.69, 9.17) is 5.26 Å². The lowest BCUT2D eigenvalue weighted by Gasteiger charge is -1.89. The lowest BCUT2D eigenvalue weighted by Crippen LogP contribution is -1.87. The molecule has 0 amide bonds. The van der Waals surface area contributed by atoms with E-state index in [1.807, 2.05) is 12.1 Å². The second-order valence-corrected chi connectivity index (χ2v) is 4.23. The molecule has 0 atom stereocenters. The maximum absolute atomic E-state index is 8.86. The number of aliphatic imine (C=N–C) groups is 1. The van der Waals surface area contributed by atoms with Crippen LogP contribution in [0.2, 0.25) is 0 Å². The summed E-state index contributed by atoms with van der Waals surface area (Å²) < 4.78 is 1.25. The van der Waals surface area contributed by atoms with Crippen molar-refractivity contribution < 1.29 is 0 Å². The molecule has 0 N–H and O–H groups in total. The lowest BCUT2D eigenvalue weighted by molar-refractivity contribution is 1.13. The molecule has 3 rings (SSSR count). The number of nitrogens with zero attached hydrogens (tertiary/aromatic N) is 2. The smallest absolute Gasteiger partial charge is 0.153 e. The third kappa shape index (κ3) is 0.862. The second-order valence-electron chi connectivity index (χ2n) is 3.18. The van der Waals surface area contributed by atoms with Crippen LogP contribution in [0.15, 0.2) is 29.3 Å². The molecule has 66 valence electrons. The van der Waals surface area contributed by atoms with Crippen LogP contribution in [0.5, 0.6) is 0 Å². The van der Waals surface area contributed by atoms with E-state index < -0.39 is 0 Å². The highest BCUT2D eigenvalue weighted by molar-refractivity contribution is 7.21. The number of fused-ring (bicyclic) bond motifs is 3. The van der Waals surface area contributed by atoms with Crippen molar-refractivity contribution in [3.8, 4) is 6.07 Å². The highest BCUT2D eigenvalue weighted by atomic mass is 32.1. The number of rotatable bonds is 0. The van der Waals surface area contributed by atoms with Gasteiger partial charge in [0.25, 0.3) is 0 Å². The molecule has 0 unspecified atom stereocenters. The number of thiophene rings is 1. The first-order valence-electron chi connectivity index (χ1n) is 4.35. The van der Waals surface area contributed by atoms with Crippen LogP contribution < -0.4 is 0 Å². The highest BCUT2D eigenvalue weighted by Gasteiger charge is 2.20. The average molecular weight is 198 g/mol. The van der Waals surface area contributed by atoms with Gasteiger partial charge in [-0.15, -0.1) is 11.3 Å². The molecule has 2 heterocycles. The quantitative estimate of drug-likeness (QED) is 0.641. The zero-order valence-corrected chi connectivity index (χ0v) is 8.14. The van der Waals surface area contributed by atoms with Crippen LogP contribution in [0, 0.1) is 11.3 Å². The zero-order valence-electron chi connectivity index (χ0n) is 7.32. The summed E-state index contributed by atoms with van der Waals surface area (Å²) in [4.78, 5) is 5.26. The van der Waals surface area contributed by atoms with E-state index in [-0.39, 0.29) is 0 Å². The number of hydrogen-bond acceptors (Lipinski definition) is 3. The predicted octanol–water partition coefficient (Wildman–Crippen LogP) is 2.73. The second kappa shape index (κ2) is 2.66. The van der Waals surface area contributed by atoms with Crippen LogP contribution in [0.25, 0.3) is 10.1 Å². The number of nitriles is 1. The predicted molar refractivity (Wildman–Crippen MR) is 57.7 cm³/mol. The Bertz CT molecular complexity index is 587. The van der Waals surface area contributed by atoms with Crippen LogP contribution in [0.4, 0.5) is 0 Å². The summed E-state index contributed by atoms with van der Waals surface area (Å²) >= 11 is 1.67. The summed E-state index contributed by atoms with van der Waals surface area (Å²) in [6.45, 7) is 0.669. The van der Waals surface area contributed by atoms with Crippen molar-refractivity contribution in [1.82, 2.24) is 0 Å². The molecule has 2 nitrogen and oxygen atoms in total. The molecule has 0 radical (unpaired) electrons. The lowest BCUT2D eigenvalue weighted by atomic mass is 10.1. The molecule has 0 saturated carbocycles. The van der Waals surface area contributed by atoms with Crippen LogP contribution >= 0.6 is 11.3 Å². The molecule has 1 aromatic heterocycles. The molecule has 2 aromatic rings. The Balaban J connectivity index is 2.38. The van der Waals surface area contributed by atoms with Gasteiger partial charge in [-0.25, -0.2) is 0 Å². The minimum atomic E-state index is 0.598. The molecule has 3 heteroatoms. The fourth-order valence-corrected chi connectivity index (χ4v) is 2.94. The average Bonchev–Trinajstić information content (AvgIpc) is 2.75. The van der Waals surface area contributed by atoms with Crippen molar-refractivity contribution >= 4 is 27.1 Å². The molecular weight excluding hydrogens is 192 g/mol. The van der Waals surface area contributed by atoms with Crippen molar-refractivity contribution in [2.24, 2.45) is 4.99 Å². The molecule has 1 aliphatic heterocycles. The Kier molecular flexibility index (Phi) is 1.47. The van der Waals surface area contributed by atoms with Gasteiger partial charge in [0.1, 0.15) is 6.07 Å². The van der Waals surface area contributed by atoms with Crippen molar-refractivity contribution in [2.45, 2.75) is 6.54 Å². The first kappa shape index (κ1) is 7.72. The van der Waals surface area contributed by atoms with Crippen molar-refractivity contribution in [1.29, 1.82) is 5.26 Å².